The van der Waals surface area contributed by atoms with Gasteiger partial charge in [-0.2, -0.15) is 0 Å². The van der Waals surface area contributed by atoms with E-state index >= 15 is 0 Å². The van der Waals surface area contributed by atoms with Crippen LogP contribution < -0.4 is 4.72 Å². The molecule has 0 spiro atoms. The Morgan fingerprint density at radius 2 is 2.06 bits per heavy atom. The van der Waals surface area contributed by atoms with Crippen LogP contribution in [0.25, 0.3) is 0 Å². The van der Waals surface area contributed by atoms with Crippen molar-refractivity contribution in [2.24, 2.45) is 5.92 Å². The van der Waals surface area contributed by atoms with Gasteiger partial charge < -0.3 is 5.11 Å². The number of hydrogen-bond donors (Lipinski definition) is 2. The van der Waals surface area contributed by atoms with Crippen LogP contribution in [0.3, 0.4) is 0 Å². The van der Waals surface area contributed by atoms with E-state index in [0.717, 1.165) is 12.8 Å². The summed E-state index contributed by atoms with van der Waals surface area (Å²) in [4.78, 5) is 0.0401. The maximum absolute atomic E-state index is 12.0. The van der Waals surface area contributed by atoms with Crippen molar-refractivity contribution in [2.45, 2.75) is 30.3 Å². The van der Waals surface area contributed by atoms with Crippen molar-refractivity contribution in [3.8, 4) is 0 Å². The molecule has 0 radical (unpaired) electrons. The number of rotatable bonds is 5. The molecular formula is C12H16ClNO3S. The molecule has 100 valence electrons. The summed E-state index contributed by atoms with van der Waals surface area (Å²) in [5.41, 5.74) is -0.992. The largest absolute Gasteiger partial charge is 0.389 e. The second-order valence-electron chi connectivity index (χ2n) is 4.89. The molecule has 0 bridgehead atoms. The summed E-state index contributed by atoms with van der Waals surface area (Å²) in [6.45, 7) is 1.66. The van der Waals surface area contributed by atoms with Gasteiger partial charge in [-0.3, -0.25) is 0 Å². The van der Waals surface area contributed by atoms with E-state index in [9.17, 15) is 13.5 Å². The minimum Gasteiger partial charge on any atom is -0.389 e. The molecule has 0 heterocycles. The van der Waals surface area contributed by atoms with E-state index in [-0.39, 0.29) is 22.4 Å². The van der Waals surface area contributed by atoms with Crippen molar-refractivity contribution in [3.05, 3.63) is 29.3 Å². The molecule has 1 aliphatic carbocycles. The minimum absolute atomic E-state index is 0.00518. The number of halogens is 1. The molecule has 1 unspecified atom stereocenters. The molecular weight excluding hydrogens is 274 g/mol. The van der Waals surface area contributed by atoms with Crippen molar-refractivity contribution in [3.63, 3.8) is 0 Å². The molecule has 4 nitrogen and oxygen atoms in total. The van der Waals surface area contributed by atoms with Gasteiger partial charge >= 0.3 is 0 Å². The zero-order chi connectivity index (χ0) is 13.4. The van der Waals surface area contributed by atoms with Gasteiger partial charge in [0.1, 0.15) is 4.90 Å². The Hall–Kier alpha value is -0.620. The summed E-state index contributed by atoms with van der Waals surface area (Å²) in [5.74, 6) is 0.187. The van der Waals surface area contributed by atoms with Crippen molar-refractivity contribution >= 4 is 21.6 Å². The Kier molecular flexibility index (Phi) is 3.69. The van der Waals surface area contributed by atoms with E-state index in [1.807, 2.05) is 0 Å². The van der Waals surface area contributed by atoms with E-state index in [1.165, 1.54) is 12.1 Å². The topological polar surface area (TPSA) is 66.4 Å². The summed E-state index contributed by atoms with van der Waals surface area (Å²) in [6.07, 6.45) is 1.89. The summed E-state index contributed by atoms with van der Waals surface area (Å²) in [5, 5.41) is 10.3. The Labute approximate surface area is 112 Å². The number of benzene rings is 1. The summed E-state index contributed by atoms with van der Waals surface area (Å²) >= 11 is 5.85. The van der Waals surface area contributed by atoms with Gasteiger partial charge in [-0.05, 0) is 37.8 Å². The number of sulfonamides is 1. The van der Waals surface area contributed by atoms with E-state index < -0.39 is 15.6 Å². The Balaban J connectivity index is 2.11. The first-order valence-electron chi connectivity index (χ1n) is 5.79. The predicted octanol–water partition coefficient (Wildman–Crippen LogP) is 1.78. The molecule has 1 saturated carbocycles. The summed E-state index contributed by atoms with van der Waals surface area (Å²) < 4.78 is 26.5. The highest BCUT2D eigenvalue weighted by Gasteiger charge is 2.40. The number of nitrogens with one attached hydrogen (secondary N) is 1. The third kappa shape index (κ3) is 3.03. The first-order chi connectivity index (χ1) is 8.33. The Morgan fingerprint density at radius 3 is 2.61 bits per heavy atom. The second-order valence-corrected chi connectivity index (χ2v) is 7.03. The molecule has 1 aromatic carbocycles. The van der Waals surface area contributed by atoms with Crippen LogP contribution in [0.1, 0.15) is 19.8 Å². The van der Waals surface area contributed by atoms with Gasteiger partial charge in [-0.25, -0.2) is 13.1 Å². The monoisotopic (exact) mass is 289 g/mol. The van der Waals surface area contributed by atoms with Crippen molar-refractivity contribution in [1.82, 2.24) is 4.72 Å². The van der Waals surface area contributed by atoms with Crippen LogP contribution in [-0.2, 0) is 10.0 Å². The van der Waals surface area contributed by atoms with Gasteiger partial charge in [0.05, 0.1) is 10.6 Å². The molecule has 1 aromatic rings. The second kappa shape index (κ2) is 4.81. The highest BCUT2D eigenvalue weighted by Crippen LogP contribution is 2.39. The first-order valence-corrected chi connectivity index (χ1v) is 7.65. The molecule has 1 atom stereocenters. The molecule has 0 aromatic heterocycles. The molecule has 6 heteroatoms. The fraction of sp³-hybridized carbons (Fsp3) is 0.500. The summed E-state index contributed by atoms with van der Waals surface area (Å²) in [7, 11) is -3.67. The van der Waals surface area contributed by atoms with Gasteiger partial charge in [-0.15, -0.1) is 0 Å². The molecule has 2 rings (SSSR count). The lowest BCUT2D eigenvalue weighted by Crippen LogP contribution is -2.42. The fourth-order valence-corrected chi connectivity index (χ4v) is 3.49. The van der Waals surface area contributed by atoms with E-state index in [4.69, 9.17) is 11.6 Å². The van der Waals surface area contributed by atoms with Crippen LogP contribution >= 0.6 is 11.6 Å². The molecule has 1 fully saturated rings. The van der Waals surface area contributed by atoms with Gasteiger partial charge in [0, 0.05) is 6.54 Å². The minimum atomic E-state index is -3.67. The standard InChI is InChI=1S/C12H16ClNO3S/c1-12(15,9-6-7-9)8-14-18(16,17)11-5-3-2-4-10(11)13/h2-5,9,14-15H,6-8H2,1H3. The highest BCUT2D eigenvalue weighted by molar-refractivity contribution is 7.89. The van der Waals surface area contributed by atoms with Crippen molar-refractivity contribution < 1.29 is 13.5 Å². The molecule has 18 heavy (non-hydrogen) atoms. The van der Waals surface area contributed by atoms with Crippen LogP contribution in [0.5, 0.6) is 0 Å². The van der Waals surface area contributed by atoms with Crippen LogP contribution in [0.4, 0.5) is 0 Å². The van der Waals surface area contributed by atoms with Crippen molar-refractivity contribution in [2.75, 3.05) is 6.54 Å². The highest BCUT2D eigenvalue weighted by atomic mass is 35.5. The zero-order valence-electron chi connectivity index (χ0n) is 10.1. The first kappa shape index (κ1) is 13.8. The zero-order valence-corrected chi connectivity index (χ0v) is 11.6. The third-order valence-corrected chi connectivity index (χ3v) is 5.10. The van der Waals surface area contributed by atoms with Crippen LogP contribution in [0.15, 0.2) is 29.2 Å². The molecule has 0 saturated heterocycles. The van der Waals surface area contributed by atoms with E-state index in [1.54, 1.807) is 19.1 Å². The number of hydrogen-bond acceptors (Lipinski definition) is 3. The molecule has 0 aliphatic heterocycles. The van der Waals surface area contributed by atoms with Gasteiger partial charge in [-0.1, -0.05) is 23.7 Å². The SMILES string of the molecule is CC(O)(CNS(=O)(=O)c1ccccc1Cl)C1CC1. The predicted molar refractivity (Wildman–Crippen MR) is 70.0 cm³/mol. The lowest BCUT2D eigenvalue weighted by molar-refractivity contribution is 0.0422. The van der Waals surface area contributed by atoms with Gasteiger partial charge in [0.15, 0.2) is 0 Å². The van der Waals surface area contributed by atoms with Crippen LogP contribution in [0.2, 0.25) is 5.02 Å². The smallest absolute Gasteiger partial charge is 0.242 e. The van der Waals surface area contributed by atoms with Gasteiger partial charge in [0.2, 0.25) is 10.0 Å². The lowest BCUT2D eigenvalue weighted by Gasteiger charge is -2.23. The summed E-state index contributed by atoms with van der Waals surface area (Å²) in [6, 6.07) is 6.24. The fourth-order valence-electron chi connectivity index (χ4n) is 1.83. The van der Waals surface area contributed by atoms with Gasteiger partial charge in [0.25, 0.3) is 0 Å². The third-order valence-electron chi connectivity index (χ3n) is 3.20. The lowest BCUT2D eigenvalue weighted by atomic mass is 10.0. The quantitative estimate of drug-likeness (QED) is 0.868. The Morgan fingerprint density at radius 1 is 1.44 bits per heavy atom. The molecule has 1 aliphatic rings. The Bertz CT molecular complexity index is 538. The maximum Gasteiger partial charge on any atom is 0.242 e. The van der Waals surface area contributed by atoms with E-state index in [0.29, 0.717) is 0 Å². The van der Waals surface area contributed by atoms with Crippen molar-refractivity contribution in [1.29, 1.82) is 0 Å². The molecule has 2 N–H and O–H groups in total. The van der Waals surface area contributed by atoms with Crippen LogP contribution in [-0.4, -0.2) is 25.7 Å². The normalized spacial score (nSPS) is 19.5. The van der Waals surface area contributed by atoms with E-state index in [2.05, 4.69) is 4.72 Å². The molecule has 0 amide bonds. The average Bonchev–Trinajstić information content (AvgIpc) is 3.11. The maximum atomic E-state index is 12.0. The number of aliphatic hydroxyl groups is 1. The van der Waals surface area contributed by atoms with Crippen LogP contribution in [0, 0.1) is 5.92 Å². The average molecular weight is 290 g/mol.